The summed E-state index contributed by atoms with van der Waals surface area (Å²) in [5, 5.41) is 3.10. The van der Waals surface area contributed by atoms with Crippen molar-refractivity contribution in [2.24, 2.45) is 5.92 Å². The van der Waals surface area contributed by atoms with E-state index in [1.165, 1.54) is 5.56 Å². The van der Waals surface area contributed by atoms with E-state index in [0.717, 1.165) is 24.0 Å². The highest BCUT2D eigenvalue weighted by atomic mass is 32.1. The van der Waals surface area contributed by atoms with Crippen molar-refractivity contribution in [1.29, 1.82) is 0 Å². The Morgan fingerprint density at radius 1 is 1.37 bits per heavy atom. The summed E-state index contributed by atoms with van der Waals surface area (Å²) in [5.41, 5.74) is 1.25. The fourth-order valence-corrected chi connectivity index (χ4v) is 2.67. The van der Waals surface area contributed by atoms with Crippen LogP contribution in [0, 0.1) is 5.92 Å². The van der Waals surface area contributed by atoms with Gasteiger partial charge in [-0.25, -0.2) is 4.98 Å². The number of rotatable bonds is 6. The molecule has 2 rings (SSSR count). The van der Waals surface area contributed by atoms with Crippen molar-refractivity contribution in [2.45, 2.75) is 20.4 Å². The van der Waals surface area contributed by atoms with Gasteiger partial charge >= 0.3 is 0 Å². The van der Waals surface area contributed by atoms with Crippen molar-refractivity contribution in [3.63, 3.8) is 0 Å². The molecule has 0 spiro atoms. The van der Waals surface area contributed by atoms with E-state index in [1.807, 2.05) is 23.7 Å². The summed E-state index contributed by atoms with van der Waals surface area (Å²) in [5.74, 6) is 1.51. The molecule has 3 nitrogen and oxygen atoms in total. The van der Waals surface area contributed by atoms with Crippen LogP contribution in [0.1, 0.15) is 19.4 Å². The first-order valence-corrected chi connectivity index (χ1v) is 7.34. The largest absolute Gasteiger partial charge is 0.497 e. The van der Waals surface area contributed by atoms with Crippen LogP contribution in [0.2, 0.25) is 0 Å². The molecule has 0 bridgehead atoms. The SMILES string of the molecule is COc1cccc(CN(CC(C)C)c2nccs2)c1. The van der Waals surface area contributed by atoms with Gasteiger partial charge in [0, 0.05) is 24.7 Å². The van der Waals surface area contributed by atoms with Crippen LogP contribution in [-0.4, -0.2) is 18.6 Å². The number of ether oxygens (including phenoxy) is 1. The lowest BCUT2D eigenvalue weighted by molar-refractivity contribution is 0.414. The predicted octanol–water partition coefficient (Wildman–Crippen LogP) is 3.81. The van der Waals surface area contributed by atoms with Crippen LogP contribution in [0.25, 0.3) is 0 Å². The second-order valence-corrected chi connectivity index (χ2v) is 5.81. The van der Waals surface area contributed by atoms with Crippen molar-refractivity contribution in [3.05, 3.63) is 41.4 Å². The summed E-state index contributed by atoms with van der Waals surface area (Å²) in [7, 11) is 1.70. The van der Waals surface area contributed by atoms with Crippen LogP contribution in [0.15, 0.2) is 35.8 Å². The molecule has 2 aromatic rings. The molecule has 19 heavy (non-hydrogen) atoms. The van der Waals surface area contributed by atoms with E-state index in [4.69, 9.17) is 4.74 Å². The fourth-order valence-electron chi connectivity index (χ4n) is 2.01. The van der Waals surface area contributed by atoms with Gasteiger partial charge in [-0.1, -0.05) is 26.0 Å². The summed E-state index contributed by atoms with van der Waals surface area (Å²) in [6, 6.07) is 8.22. The third kappa shape index (κ3) is 3.96. The average Bonchev–Trinajstić information content (AvgIpc) is 2.91. The van der Waals surface area contributed by atoms with Crippen molar-refractivity contribution in [1.82, 2.24) is 4.98 Å². The van der Waals surface area contributed by atoms with Gasteiger partial charge in [-0.2, -0.15) is 0 Å². The van der Waals surface area contributed by atoms with Gasteiger partial charge in [-0.15, -0.1) is 11.3 Å². The van der Waals surface area contributed by atoms with Crippen LogP contribution in [0.3, 0.4) is 0 Å². The monoisotopic (exact) mass is 276 g/mol. The summed E-state index contributed by atoms with van der Waals surface area (Å²) in [4.78, 5) is 6.75. The molecule has 0 atom stereocenters. The number of thiazole rings is 1. The van der Waals surface area contributed by atoms with Crippen LogP contribution in [0.4, 0.5) is 5.13 Å². The minimum Gasteiger partial charge on any atom is -0.497 e. The first kappa shape index (κ1) is 13.9. The second-order valence-electron chi connectivity index (χ2n) is 4.94. The van der Waals surface area contributed by atoms with Gasteiger partial charge in [0.15, 0.2) is 5.13 Å². The topological polar surface area (TPSA) is 25.4 Å². The van der Waals surface area contributed by atoms with Gasteiger partial charge in [0.25, 0.3) is 0 Å². The Kier molecular flexibility index (Phi) is 4.80. The molecule has 1 heterocycles. The summed E-state index contributed by atoms with van der Waals surface area (Å²) < 4.78 is 5.28. The zero-order valence-electron chi connectivity index (χ0n) is 11.7. The van der Waals surface area contributed by atoms with E-state index < -0.39 is 0 Å². The Morgan fingerprint density at radius 2 is 2.21 bits per heavy atom. The summed E-state index contributed by atoms with van der Waals surface area (Å²) >= 11 is 1.69. The second kappa shape index (κ2) is 6.57. The number of methoxy groups -OCH3 is 1. The molecule has 0 saturated carbocycles. The zero-order valence-corrected chi connectivity index (χ0v) is 12.5. The minimum absolute atomic E-state index is 0.606. The number of anilines is 1. The van der Waals surface area contributed by atoms with E-state index in [2.05, 4.69) is 35.9 Å². The predicted molar refractivity (Wildman–Crippen MR) is 81.0 cm³/mol. The smallest absolute Gasteiger partial charge is 0.185 e. The van der Waals surface area contributed by atoms with Gasteiger partial charge in [0.2, 0.25) is 0 Å². The molecule has 0 radical (unpaired) electrons. The normalized spacial score (nSPS) is 10.7. The number of aromatic nitrogens is 1. The molecule has 0 unspecified atom stereocenters. The molecule has 0 saturated heterocycles. The van der Waals surface area contributed by atoms with Gasteiger partial charge in [-0.3, -0.25) is 0 Å². The van der Waals surface area contributed by atoms with Gasteiger partial charge in [-0.05, 0) is 23.6 Å². The summed E-state index contributed by atoms with van der Waals surface area (Å²) in [6.45, 7) is 6.33. The lowest BCUT2D eigenvalue weighted by Gasteiger charge is -2.24. The number of nitrogens with zero attached hydrogens (tertiary/aromatic N) is 2. The molecule has 4 heteroatoms. The highest BCUT2D eigenvalue weighted by Gasteiger charge is 2.12. The standard InChI is InChI=1S/C15H20N2OS/c1-12(2)10-17(15-16-7-8-19-15)11-13-5-4-6-14(9-13)18-3/h4-9,12H,10-11H2,1-3H3. The van der Waals surface area contributed by atoms with E-state index in [1.54, 1.807) is 18.4 Å². The molecule has 0 aliphatic carbocycles. The van der Waals surface area contributed by atoms with Crippen molar-refractivity contribution in [3.8, 4) is 5.75 Å². The number of hydrogen-bond donors (Lipinski definition) is 0. The lowest BCUT2D eigenvalue weighted by Crippen LogP contribution is -2.26. The molecule has 0 N–H and O–H groups in total. The molecule has 1 aromatic heterocycles. The quantitative estimate of drug-likeness (QED) is 0.802. The van der Waals surface area contributed by atoms with Crippen LogP contribution < -0.4 is 9.64 Å². The van der Waals surface area contributed by atoms with Gasteiger partial charge in [0.05, 0.1) is 7.11 Å². The average molecular weight is 276 g/mol. The van der Waals surface area contributed by atoms with Gasteiger partial charge < -0.3 is 9.64 Å². The molecular formula is C15H20N2OS. The highest BCUT2D eigenvalue weighted by Crippen LogP contribution is 2.22. The van der Waals surface area contributed by atoms with E-state index >= 15 is 0 Å². The van der Waals surface area contributed by atoms with Crippen molar-refractivity contribution >= 4 is 16.5 Å². The molecule has 1 aromatic carbocycles. The maximum absolute atomic E-state index is 5.28. The third-order valence-electron chi connectivity index (χ3n) is 2.78. The maximum Gasteiger partial charge on any atom is 0.185 e. The number of benzene rings is 1. The summed E-state index contributed by atoms with van der Waals surface area (Å²) in [6.07, 6.45) is 1.86. The first-order valence-electron chi connectivity index (χ1n) is 6.46. The van der Waals surface area contributed by atoms with E-state index in [9.17, 15) is 0 Å². The molecule has 0 amide bonds. The Labute approximate surface area is 118 Å². The van der Waals surface area contributed by atoms with Gasteiger partial charge in [0.1, 0.15) is 5.75 Å². The van der Waals surface area contributed by atoms with Crippen molar-refractivity contribution in [2.75, 3.05) is 18.6 Å². The maximum atomic E-state index is 5.28. The van der Waals surface area contributed by atoms with Crippen LogP contribution >= 0.6 is 11.3 Å². The third-order valence-corrected chi connectivity index (χ3v) is 3.62. The molecule has 0 aliphatic rings. The van der Waals surface area contributed by atoms with E-state index in [-0.39, 0.29) is 0 Å². The first-order chi connectivity index (χ1) is 9.19. The molecular weight excluding hydrogens is 256 g/mol. The van der Waals surface area contributed by atoms with E-state index in [0.29, 0.717) is 5.92 Å². The highest BCUT2D eigenvalue weighted by molar-refractivity contribution is 7.13. The van der Waals surface area contributed by atoms with Crippen LogP contribution in [0.5, 0.6) is 5.75 Å². The Balaban J connectivity index is 2.15. The Hall–Kier alpha value is -1.55. The lowest BCUT2D eigenvalue weighted by atomic mass is 10.1. The zero-order chi connectivity index (χ0) is 13.7. The van der Waals surface area contributed by atoms with Crippen LogP contribution in [-0.2, 0) is 6.54 Å². The fraction of sp³-hybridized carbons (Fsp3) is 0.400. The molecule has 0 aliphatic heterocycles. The molecule has 0 fully saturated rings. The number of hydrogen-bond acceptors (Lipinski definition) is 4. The Bertz CT molecular complexity index is 497. The minimum atomic E-state index is 0.606. The van der Waals surface area contributed by atoms with Crippen molar-refractivity contribution < 1.29 is 4.74 Å². The molecule has 102 valence electrons. The Morgan fingerprint density at radius 3 is 2.84 bits per heavy atom.